The predicted molar refractivity (Wildman–Crippen MR) is 130 cm³/mol. The number of thiophene rings is 1. The lowest BCUT2D eigenvalue weighted by molar-refractivity contribution is -0.119. The molecule has 0 unspecified atom stereocenters. The van der Waals surface area contributed by atoms with Gasteiger partial charge in [-0.1, -0.05) is 32.0 Å². The minimum absolute atomic E-state index is 0.105. The maximum Gasteiger partial charge on any atom is 0.245 e. The van der Waals surface area contributed by atoms with Gasteiger partial charge in [0.05, 0.1) is 24.0 Å². The number of rotatable bonds is 4. The maximum absolute atomic E-state index is 13.5. The average molecular weight is 465 g/mol. The second-order valence-electron chi connectivity index (χ2n) is 8.91. The van der Waals surface area contributed by atoms with Crippen LogP contribution < -0.4 is 15.5 Å². The number of anilines is 3. The van der Waals surface area contributed by atoms with E-state index in [0.29, 0.717) is 11.6 Å². The van der Waals surface area contributed by atoms with Crippen LogP contribution in [-0.4, -0.2) is 23.2 Å². The molecule has 2 aromatic heterocycles. The quantitative estimate of drug-likeness (QED) is 0.536. The highest BCUT2D eigenvalue weighted by molar-refractivity contribution is 7.13. The average Bonchev–Trinajstić information content (AvgIpc) is 3.41. The number of thiazole rings is 1. The molecule has 3 heterocycles. The van der Waals surface area contributed by atoms with Crippen molar-refractivity contribution in [3.63, 3.8) is 0 Å². The Kier molecular flexibility index (Phi) is 5.35. The summed E-state index contributed by atoms with van der Waals surface area (Å²) in [5.41, 5.74) is 3.42. The van der Waals surface area contributed by atoms with Gasteiger partial charge in [-0.2, -0.15) is 0 Å². The van der Waals surface area contributed by atoms with Gasteiger partial charge in [0, 0.05) is 34.1 Å². The van der Waals surface area contributed by atoms with Crippen molar-refractivity contribution in [1.29, 1.82) is 0 Å². The normalized spacial score (nSPS) is 19.6. The van der Waals surface area contributed by atoms with Crippen LogP contribution in [0.5, 0.6) is 0 Å². The van der Waals surface area contributed by atoms with Crippen molar-refractivity contribution in [3.05, 3.63) is 69.5 Å². The molecule has 1 amide bonds. The number of carbonyl (C=O) groups is 2. The molecule has 3 aromatic rings. The summed E-state index contributed by atoms with van der Waals surface area (Å²) < 4.78 is 0. The van der Waals surface area contributed by atoms with E-state index in [1.807, 2.05) is 47.2 Å². The molecule has 0 saturated carbocycles. The van der Waals surface area contributed by atoms with Crippen LogP contribution in [0, 0.1) is 5.41 Å². The van der Waals surface area contributed by atoms with Gasteiger partial charge in [-0.15, -0.1) is 22.7 Å². The van der Waals surface area contributed by atoms with Crippen LogP contribution in [0.15, 0.2) is 64.6 Å². The van der Waals surface area contributed by atoms with E-state index in [4.69, 9.17) is 0 Å². The monoisotopic (exact) mass is 464 g/mol. The number of amides is 1. The number of hydrogen-bond donors (Lipinski definition) is 2. The Morgan fingerprint density at radius 3 is 2.78 bits per heavy atom. The van der Waals surface area contributed by atoms with Crippen LogP contribution in [0.3, 0.4) is 0 Å². The second-order valence-corrected chi connectivity index (χ2v) is 10.8. The molecule has 0 fully saturated rings. The third-order valence-corrected chi connectivity index (χ3v) is 7.42. The molecular weight excluding hydrogens is 440 g/mol. The topological polar surface area (TPSA) is 74.3 Å². The first-order chi connectivity index (χ1) is 15.4. The lowest BCUT2D eigenvalue weighted by Gasteiger charge is -2.37. The second kappa shape index (κ2) is 8.18. The molecule has 0 bridgehead atoms. The smallest absolute Gasteiger partial charge is 0.245 e. The van der Waals surface area contributed by atoms with E-state index < -0.39 is 0 Å². The van der Waals surface area contributed by atoms with E-state index in [1.54, 1.807) is 17.5 Å². The summed E-state index contributed by atoms with van der Waals surface area (Å²) in [5, 5.41) is 10.9. The Labute approximate surface area is 195 Å². The molecule has 1 aliphatic carbocycles. The molecule has 1 aromatic carbocycles. The predicted octanol–water partition coefficient (Wildman–Crippen LogP) is 5.46. The summed E-state index contributed by atoms with van der Waals surface area (Å²) >= 11 is 2.99. The number of nitrogens with zero attached hydrogens (tertiary/aromatic N) is 2. The summed E-state index contributed by atoms with van der Waals surface area (Å²) in [7, 11) is 0. The lowest BCUT2D eigenvalue weighted by atomic mass is 9.74. The minimum atomic E-state index is -0.327. The first-order valence-corrected chi connectivity index (χ1v) is 12.3. The third-order valence-electron chi connectivity index (χ3n) is 5.81. The summed E-state index contributed by atoms with van der Waals surface area (Å²) in [5.74, 6) is -0.0239. The Morgan fingerprint density at radius 2 is 2.03 bits per heavy atom. The number of fused-ring (bicyclic) bond motifs is 1. The van der Waals surface area contributed by atoms with E-state index in [-0.39, 0.29) is 29.7 Å². The molecule has 0 radical (unpaired) electrons. The number of Topliss-reactive ketones (excluding diaryl/α,β-unsaturated/α-hetero) is 1. The Balaban J connectivity index is 1.63. The van der Waals surface area contributed by atoms with Crippen molar-refractivity contribution in [3.8, 4) is 0 Å². The van der Waals surface area contributed by atoms with Crippen LogP contribution in [0.1, 0.15) is 37.6 Å². The standard InChI is InChI=1S/C24H24N4O2S2/c1-24(2)12-16-21(18(29)13-24)22(19-8-5-10-31-19)28(17-7-4-3-6-15(17)26-16)14-20(30)27-23-25-9-11-32-23/h3-11,22,26H,12-14H2,1-2H3,(H,25,27,30)/t22-/m1/s1. The van der Waals surface area contributed by atoms with Gasteiger partial charge in [-0.05, 0) is 35.4 Å². The third kappa shape index (κ3) is 3.96. The molecule has 6 nitrogen and oxygen atoms in total. The highest BCUT2D eigenvalue weighted by atomic mass is 32.1. The fourth-order valence-electron chi connectivity index (χ4n) is 4.57. The van der Waals surface area contributed by atoms with Gasteiger partial charge in [0.2, 0.25) is 5.91 Å². The van der Waals surface area contributed by atoms with E-state index in [2.05, 4.69) is 34.4 Å². The van der Waals surface area contributed by atoms with E-state index in [1.165, 1.54) is 11.3 Å². The van der Waals surface area contributed by atoms with E-state index >= 15 is 0 Å². The Bertz CT molecular complexity index is 1180. The summed E-state index contributed by atoms with van der Waals surface area (Å²) in [6, 6.07) is 11.7. The van der Waals surface area contributed by atoms with E-state index in [0.717, 1.165) is 33.9 Å². The first-order valence-electron chi connectivity index (χ1n) is 10.5. The van der Waals surface area contributed by atoms with Crippen LogP contribution >= 0.6 is 22.7 Å². The molecule has 32 heavy (non-hydrogen) atoms. The van der Waals surface area contributed by atoms with Gasteiger partial charge in [-0.25, -0.2) is 4.98 Å². The van der Waals surface area contributed by atoms with Gasteiger partial charge in [0.1, 0.15) is 0 Å². The molecular formula is C24H24N4O2S2. The molecule has 8 heteroatoms. The largest absolute Gasteiger partial charge is 0.357 e. The van der Waals surface area contributed by atoms with Gasteiger partial charge < -0.3 is 15.5 Å². The van der Waals surface area contributed by atoms with Crippen molar-refractivity contribution in [1.82, 2.24) is 4.98 Å². The zero-order chi connectivity index (χ0) is 22.3. The number of para-hydroxylation sites is 2. The summed E-state index contributed by atoms with van der Waals surface area (Å²) in [6.45, 7) is 4.37. The van der Waals surface area contributed by atoms with Crippen molar-refractivity contribution in [2.75, 3.05) is 22.1 Å². The number of aromatic nitrogens is 1. The molecule has 5 rings (SSSR count). The number of allylic oxidation sites excluding steroid dienone is 1. The number of benzene rings is 1. The fourth-order valence-corrected chi connectivity index (χ4v) is 5.96. The lowest BCUT2D eigenvalue weighted by Crippen LogP contribution is -2.39. The van der Waals surface area contributed by atoms with Crippen LogP contribution in [0.2, 0.25) is 0 Å². The number of nitrogens with one attached hydrogen (secondary N) is 2. The SMILES string of the molecule is CC1(C)CC(=O)C2=C(C1)Nc1ccccc1N(CC(=O)Nc1nccs1)[C@@H]2c1cccs1. The fraction of sp³-hybridized carbons (Fsp3) is 0.292. The summed E-state index contributed by atoms with van der Waals surface area (Å²) in [6.07, 6.45) is 2.94. The molecule has 1 atom stereocenters. The zero-order valence-electron chi connectivity index (χ0n) is 17.9. The van der Waals surface area contributed by atoms with E-state index in [9.17, 15) is 9.59 Å². The van der Waals surface area contributed by atoms with Gasteiger partial charge in [-0.3, -0.25) is 9.59 Å². The van der Waals surface area contributed by atoms with Crippen molar-refractivity contribution < 1.29 is 9.59 Å². The first kappa shape index (κ1) is 20.9. The van der Waals surface area contributed by atoms with Gasteiger partial charge in [0.15, 0.2) is 10.9 Å². The highest BCUT2D eigenvalue weighted by Crippen LogP contribution is 2.48. The van der Waals surface area contributed by atoms with Crippen LogP contribution in [0.25, 0.3) is 0 Å². The van der Waals surface area contributed by atoms with Crippen molar-refractivity contribution >= 4 is 50.9 Å². The maximum atomic E-state index is 13.5. The molecule has 1 aliphatic heterocycles. The molecule has 0 spiro atoms. The minimum Gasteiger partial charge on any atom is -0.357 e. The highest BCUT2D eigenvalue weighted by Gasteiger charge is 2.42. The van der Waals surface area contributed by atoms with Gasteiger partial charge >= 0.3 is 0 Å². The zero-order valence-corrected chi connectivity index (χ0v) is 19.6. The van der Waals surface area contributed by atoms with Crippen LogP contribution in [-0.2, 0) is 9.59 Å². The van der Waals surface area contributed by atoms with Gasteiger partial charge in [0.25, 0.3) is 0 Å². The molecule has 2 N–H and O–H groups in total. The molecule has 164 valence electrons. The molecule has 0 saturated heterocycles. The Hall–Kier alpha value is -2.97. The summed E-state index contributed by atoms with van der Waals surface area (Å²) in [4.78, 5) is 33.8. The Morgan fingerprint density at radius 1 is 1.19 bits per heavy atom. The number of carbonyl (C=O) groups excluding carboxylic acids is 2. The van der Waals surface area contributed by atoms with Crippen molar-refractivity contribution in [2.24, 2.45) is 5.41 Å². The van der Waals surface area contributed by atoms with Crippen LogP contribution in [0.4, 0.5) is 16.5 Å². The van der Waals surface area contributed by atoms with Crippen molar-refractivity contribution in [2.45, 2.75) is 32.7 Å². The molecule has 2 aliphatic rings. The number of ketones is 1. The number of hydrogen-bond acceptors (Lipinski definition) is 7.